The summed E-state index contributed by atoms with van der Waals surface area (Å²) in [5.41, 5.74) is 2.32. The second kappa shape index (κ2) is 5.91. The number of hydrogen-bond donors (Lipinski definition) is 1. The highest BCUT2D eigenvalue weighted by Gasteiger charge is 2.10. The van der Waals surface area contributed by atoms with Crippen LogP contribution in [0.2, 0.25) is 0 Å². The van der Waals surface area contributed by atoms with Crippen LogP contribution in [0.25, 0.3) is 0 Å². The van der Waals surface area contributed by atoms with Crippen molar-refractivity contribution in [2.75, 3.05) is 0 Å². The molecule has 0 bridgehead atoms. The quantitative estimate of drug-likeness (QED) is 0.513. The van der Waals surface area contributed by atoms with E-state index in [1.54, 1.807) is 0 Å². The fourth-order valence-corrected chi connectivity index (χ4v) is 1.99. The molecule has 2 aromatic rings. The van der Waals surface area contributed by atoms with Crippen LogP contribution >= 0.6 is 11.3 Å². The first-order valence-corrected chi connectivity index (χ1v) is 6.11. The fourth-order valence-electron chi connectivity index (χ4n) is 1.29. The minimum absolute atomic E-state index is 0.197. The molecule has 98 valence electrons. The van der Waals surface area contributed by atoms with Gasteiger partial charge in [-0.25, -0.2) is 5.43 Å². The molecule has 0 aliphatic heterocycles. The number of nitrogens with one attached hydrogen (secondary N) is 1. The van der Waals surface area contributed by atoms with E-state index in [2.05, 4.69) is 10.5 Å². The lowest BCUT2D eigenvalue weighted by molar-refractivity contribution is -0.402. The summed E-state index contributed by atoms with van der Waals surface area (Å²) in [5.74, 6) is -0.436. The molecule has 8 heteroatoms. The van der Waals surface area contributed by atoms with Crippen LogP contribution in [0.4, 0.5) is 5.88 Å². The Balaban J connectivity index is 1.85. The van der Waals surface area contributed by atoms with Gasteiger partial charge in [-0.2, -0.15) is 5.10 Å². The van der Waals surface area contributed by atoms with Crippen LogP contribution in [-0.2, 0) is 11.2 Å². The number of hydrazone groups is 1. The molecular formula is C11H9N3O4S. The Morgan fingerprint density at radius 2 is 2.37 bits per heavy atom. The summed E-state index contributed by atoms with van der Waals surface area (Å²) in [5, 5.41) is 15.9. The monoisotopic (exact) mass is 279 g/mol. The Labute approximate surface area is 111 Å². The van der Waals surface area contributed by atoms with Crippen LogP contribution in [0.3, 0.4) is 0 Å². The van der Waals surface area contributed by atoms with Crippen LogP contribution in [-0.4, -0.2) is 17.0 Å². The van der Waals surface area contributed by atoms with Crippen molar-refractivity contribution in [1.82, 2.24) is 5.43 Å². The molecule has 0 saturated heterocycles. The van der Waals surface area contributed by atoms with E-state index < -0.39 is 4.92 Å². The predicted molar refractivity (Wildman–Crippen MR) is 69.1 cm³/mol. The van der Waals surface area contributed by atoms with Gasteiger partial charge in [-0.1, -0.05) is 6.07 Å². The number of carbonyl (C=O) groups is 1. The lowest BCUT2D eigenvalue weighted by atomic mass is 10.3. The van der Waals surface area contributed by atoms with Crippen LogP contribution in [0, 0.1) is 10.1 Å². The highest BCUT2D eigenvalue weighted by Crippen LogP contribution is 2.13. The summed E-state index contributed by atoms with van der Waals surface area (Å²) in [6.45, 7) is 0. The van der Waals surface area contributed by atoms with Gasteiger partial charge < -0.3 is 4.42 Å². The molecular weight excluding hydrogens is 270 g/mol. The Morgan fingerprint density at radius 3 is 3.00 bits per heavy atom. The molecule has 19 heavy (non-hydrogen) atoms. The third-order valence-corrected chi connectivity index (χ3v) is 2.96. The first-order valence-electron chi connectivity index (χ1n) is 5.23. The lowest BCUT2D eigenvalue weighted by Crippen LogP contribution is -2.19. The number of hydrogen-bond acceptors (Lipinski definition) is 6. The largest absolute Gasteiger partial charge is 0.433 e. The molecule has 2 heterocycles. The van der Waals surface area contributed by atoms with Gasteiger partial charge in [-0.05, 0) is 17.5 Å². The van der Waals surface area contributed by atoms with Crippen molar-refractivity contribution in [2.45, 2.75) is 6.42 Å². The van der Waals surface area contributed by atoms with Crippen molar-refractivity contribution < 1.29 is 14.1 Å². The molecule has 0 radical (unpaired) electrons. The van der Waals surface area contributed by atoms with Crippen LogP contribution in [0.15, 0.2) is 39.2 Å². The Bertz CT molecular complexity index is 603. The van der Waals surface area contributed by atoms with E-state index in [1.807, 2.05) is 17.5 Å². The second-order valence-electron chi connectivity index (χ2n) is 3.48. The van der Waals surface area contributed by atoms with Crippen LogP contribution in [0.1, 0.15) is 10.6 Å². The molecule has 0 aliphatic carbocycles. The standard InChI is InChI=1S/C11H9N3O4S/c15-10(6-9-2-1-5-19-9)13-12-7-8-3-4-11(18-8)14(16)17/h1-5,7H,6H2,(H,13,15). The van der Waals surface area contributed by atoms with Gasteiger partial charge in [0.05, 0.1) is 18.7 Å². The molecule has 2 rings (SSSR count). The second-order valence-corrected chi connectivity index (χ2v) is 4.51. The molecule has 0 saturated carbocycles. The van der Waals surface area contributed by atoms with E-state index in [1.165, 1.54) is 29.7 Å². The highest BCUT2D eigenvalue weighted by molar-refractivity contribution is 7.10. The number of nitro groups is 1. The summed E-state index contributed by atoms with van der Waals surface area (Å²) in [7, 11) is 0. The zero-order chi connectivity index (χ0) is 13.7. The van der Waals surface area contributed by atoms with Crippen molar-refractivity contribution in [1.29, 1.82) is 0 Å². The molecule has 7 nitrogen and oxygen atoms in total. The van der Waals surface area contributed by atoms with E-state index in [0.717, 1.165) is 4.88 Å². The SMILES string of the molecule is O=C(Cc1cccs1)NN=Cc1ccc([N+](=O)[O-])o1. The van der Waals surface area contributed by atoms with Gasteiger partial charge in [0.1, 0.15) is 4.92 Å². The highest BCUT2D eigenvalue weighted by atomic mass is 32.1. The number of rotatable bonds is 5. The molecule has 2 aromatic heterocycles. The lowest BCUT2D eigenvalue weighted by Gasteiger charge is -1.95. The molecule has 0 atom stereocenters. The summed E-state index contributed by atoms with van der Waals surface area (Å²) in [6, 6.07) is 6.32. The fraction of sp³-hybridized carbons (Fsp3) is 0.0909. The Kier molecular flexibility index (Phi) is 4.04. The van der Waals surface area contributed by atoms with Crippen molar-refractivity contribution in [3.05, 3.63) is 50.4 Å². The first kappa shape index (κ1) is 13.0. The summed E-state index contributed by atoms with van der Waals surface area (Å²) < 4.78 is 4.84. The third kappa shape index (κ3) is 3.75. The molecule has 0 unspecified atom stereocenters. The van der Waals surface area contributed by atoms with Gasteiger partial charge in [0.25, 0.3) is 0 Å². The number of amides is 1. The molecule has 0 spiro atoms. The van der Waals surface area contributed by atoms with Gasteiger partial charge in [0.2, 0.25) is 5.91 Å². The van der Waals surface area contributed by atoms with Crippen molar-refractivity contribution in [3.8, 4) is 0 Å². The van der Waals surface area contributed by atoms with Crippen LogP contribution in [0.5, 0.6) is 0 Å². The Morgan fingerprint density at radius 1 is 1.53 bits per heavy atom. The maximum Gasteiger partial charge on any atom is 0.433 e. The first-order chi connectivity index (χ1) is 9.15. The van der Waals surface area contributed by atoms with E-state index in [0.29, 0.717) is 0 Å². The molecule has 0 aromatic carbocycles. The molecule has 0 fully saturated rings. The number of carbonyl (C=O) groups excluding carboxylic acids is 1. The average molecular weight is 279 g/mol. The van der Waals surface area contributed by atoms with Gasteiger partial charge >= 0.3 is 5.88 Å². The normalized spacial score (nSPS) is 10.7. The predicted octanol–water partition coefficient (Wildman–Crippen LogP) is 1.94. The molecule has 0 aliphatic rings. The maximum atomic E-state index is 11.5. The zero-order valence-electron chi connectivity index (χ0n) is 9.61. The third-order valence-electron chi connectivity index (χ3n) is 2.09. The summed E-state index contributed by atoms with van der Waals surface area (Å²) >= 11 is 1.48. The average Bonchev–Trinajstić information content (AvgIpc) is 3.00. The Hall–Kier alpha value is -2.48. The van der Waals surface area contributed by atoms with Gasteiger partial charge in [-0.15, -0.1) is 11.3 Å². The number of nitrogens with zero attached hydrogens (tertiary/aromatic N) is 2. The van der Waals surface area contributed by atoms with E-state index in [-0.39, 0.29) is 24.0 Å². The number of furan rings is 1. The van der Waals surface area contributed by atoms with Crippen LogP contribution < -0.4 is 5.43 Å². The topological polar surface area (TPSA) is 97.7 Å². The van der Waals surface area contributed by atoms with Crippen molar-refractivity contribution in [3.63, 3.8) is 0 Å². The number of thiophene rings is 1. The molecule has 1 N–H and O–H groups in total. The van der Waals surface area contributed by atoms with Gasteiger partial charge in [0, 0.05) is 4.88 Å². The van der Waals surface area contributed by atoms with E-state index in [9.17, 15) is 14.9 Å². The summed E-state index contributed by atoms with van der Waals surface area (Å²) in [4.78, 5) is 22.1. The molecule has 1 amide bonds. The zero-order valence-corrected chi connectivity index (χ0v) is 10.4. The maximum absolute atomic E-state index is 11.5. The van der Waals surface area contributed by atoms with Gasteiger partial charge in [-0.3, -0.25) is 14.9 Å². The van der Waals surface area contributed by atoms with Gasteiger partial charge in [0.15, 0.2) is 5.76 Å². The van der Waals surface area contributed by atoms with Crippen molar-refractivity contribution in [2.24, 2.45) is 5.10 Å². The minimum Gasteiger partial charge on any atom is -0.400 e. The summed E-state index contributed by atoms with van der Waals surface area (Å²) in [6.07, 6.45) is 1.45. The van der Waals surface area contributed by atoms with Crippen molar-refractivity contribution >= 4 is 29.3 Å². The smallest absolute Gasteiger partial charge is 0.400 e. The van der Waals surface area contributed by atoms with E-state index in [4.69, 9.17) is 4.42 Å². The van der Waals surface area contributed by atoms with E-state index >= 15 is 0 Å². The minimum atomic E-state index is -0.646.